The number of carbonyl (C=O) groups excluding carboxylic acids is 2. The number of nitrogens with two attached hydrogens (primary N) is 1. The monoisotopic (exact) mass is 543 g/mol. The maximum absolute atomic E-state index is 12.6. The van der Waals surface area contributed by atoms with Crippen molar-refractivity contribution in [3.05, 3.63) is 67.6 Å². The average Bonchev–Trinajstić information content (AvgIpc) is 3.36. The van der Waals surface area contributed by atoms with Crippen molar-refractivity contribution in [2.45, 2.75) is 33.0 Å². The lowest BCUT2D eigenvalue weighted by Crippen LogP contribution is -2.38. The van der Waals surface area contributed by atoms with Gasteiger partial charge in [0.25, 0.3) is 0 Å². The molecule has 4 aromatic rings. The molecule has 0 aliphatic heterocycles. The zero-order chi connectivity index (χ0) is 28.8. The number of nitrogens with one attached hydrogen (secondary N) is 1. The van der Waals surface area contributed by atoms with Gasteiger partial charge < -0.3 is 25.3 Å². The van der Waals surface area contributed by atoms with E-state index in [2.05, 4.69) is 16.9 Å². The summed E-state index contributed by atoms with van der Waals surface area (Å²) in [4.78, 5) is 33.5. The van der Waals surface area contributed by atoms with E-state index in [-0.39, 0.29) is 18.6 Å². The number of nitrogens with zero attached hydrogens (tertiary/aromatic N) is 3. The van der Waals surface area contributed by atoms with Crippen LogP contribution in [0.1, 0.15) is 20.3 Å². The van der Waals surface area contributed by atoms with Crippen LogP contribution in [0.2, 0.25) is 0 Å². The molecule has 4 rings (SSSR count). The minimum Gasteiger partial charge on any atom is -0.497 e. The summed E-state index contributed by atoms with van der Waals surface area (Å²) >= 11 is 0. The number of hydrogen-bond acceptors (Lipinski definition) is 8. The highest BCUT2D eigenvalue weighted by Crippen LogP contribution is 2.35. The second-order valence-electron chi connectivity index (χ2n) is 9.34. The molecule has 1 aromatic carbocycles. The van der Waals surface area contributed by atoms with Crippen LogP contribution in [-0.2, 0) is 21.1 Å². The predicted octanol–water partition coefficient (Wildman–Crippen LogP) is 4.78. The number of anilines is 1. The van der Waals surface area contributed by atoms with E-state index >= 15 is 0 Å². The minimum atomic E-state index is -0.709. The smallest absolute Gasteiger partial charge is 0.324 e. The van der Waals surface area contributed by atoms with Crippen LogP contribution in [0.3, 0.4) is 0 Å². The summed E-state index contributed by atoms with van der Waals surface area (Å²) in [7, 11) is 3.11. The van der Waals surface area contributed by atoms with Crippen LogP contribution in [-0.4, -0.2) is 46.7 Å². The van der Waals surface area contributed by atoms with Crippen molar-refractivity contribution >= 4 is 28.6 Å². The van der Waals surface area contributed by atoms with Crippen molar-refractivity contribution in [3.8, 4) is 33.9 Å². The Bertz CT molecular complexity index is 1550. The number of esters is 1. The topological polar surface area (TPSA) is 131 Å². The highest BCUT2D eigenvalue weighted by Gasteiger charge is 2.22. The highest BCUT2D eigenvalue weighted by atomic mass is 16.5. The number of pyridine rings is 2. The van der Waals surface area contributed by atoms with Gasteiger partial charge in [0.1, 0.15) is 17.4 Å². The zero-order valence-corrected chi connectivity index (χ0v) is 23.0. The first-order valence-electron chi connectivity index (χ1n) is 12.8. The second kappa shape index (κ2) is 12.4. The number of ether oxygens (including phenoxy) is 3. The molecule has 3 aromatic heterocycles. The van der Waals surface area contributed by atoms with Gasteiger partial charge in [-0.3, -0.25) is 14.2 Å². The number of rotatable bonds is 11. The summed E-state index contributed by atoms with van der Waals surface area (Å²) in [6.45, 7) is 7.35. The Morgan fingerprint density at radius 1 is 1.10 bits per heavy atom. The maximum Gasteiger partial charge on any atom is 0.324 e. The molecule has 0 saturated heterocycles. The molecule has 2 atom stereocenters. The summed E-state index contributed by atoms with van der Waals surface area (Å²) in [6, 6.07) is 10.4. The lowest BCUT2D eigenvalue weighted by molar-refractivity contribution is -0.150. The largest absolute Gasteiger partial charge is 0.497 e. The number of amides is 1. The van der Waals surface area contributed by atoms with E-state index in [9.17, 15) is 9.59 Å². The average molecular weight is 544 g/mol. The van der Waals surface area contributed by atoms with Crippen molar-refractivity contribution in [1.82, 2.24) is 14.5 Å². The Morgan fingerprint density at radius 3 is 2.60 bits per heavy atom. The van der Waals surface area contributed by atoms with Gasteiger partial charge in [-0.1, -0.05) is 26.8 Å². The zero-order valence-electron chi connectivity index (χ0n) is 23.0. The SMILES string of the molecule is C=CC(=O)Nc1cc(OC)cc(-c2cnc3c(c2)c(-c2ccnc(OC)c2)cn3COC(=O)C(N)C(C)CC)c1. The van der Waals surface area contributed by atoms with Crippen LogP contribution in [0, 0.1) is 5.92 Å². The first kappa shape index (κ1) is 28.3. The first-order valence-corrected chi connectivity index (χ1v) is 12.8. The molecule has 1 amide bonds. The van der Waals surface area contributed by atoms with Crippen LogP contribution in [0.25, 0.3) is 33.3 Å². The Balaban J connectivity index is 1.79. The van der Waals surface area contributed by atoms with Crippen LogP contribution in [0.4, 0.5) is 5.69 Å². The third-order valence-corrected chi connectivity index (χ3v) is 6.77. The van der Waals surface area contributed by atoms with E-state index in [1.54, 1.807) is 37.2 Å². The fourth-order valence-corrected chi connectivity index (χ4v) is 4.21. The van der Waals surface area contributed by atoms with Crippen molar-refractivity contribution in [2.24, 2.45) is 11.7 Å². The molecular weight excluding hydrogens is 510 g/mol. The van der Waals surface area contributed by atoms with Crippen molar-refractivity contribution < 1.29 is 23.8 Å². The number of fused-ring (bicyclic) bond motifs is 1. The molecular formula is C30H33N5O5. The normalized spacial score (nSPS) is 12.4. The van der Waals surface area contributed by atoms with Gasteiger partial charge in [-0.05, 0) is 47.4 Å². The summed E-state index contributed by atoms with van der Waals surface area (Å²) in [6.07, 6.45) is 7.23. The van der Waals surface area contributed by atoms with Crippen LogP contribution in [0.15, 0.2) is 67.6 Å². The Morgan fingerprint density at radius 2 is 1.90 bits per heavy atom. The summed E-state index contributed by atoms with van der Waals surface area (Å²) in [5, 5.41) is 3.59. The van der Waals surface area contributed by atoms with E-state index in [1.807, 2.05) is 50.4 Å². The van der Waals surface area contributed by atoms with E-state index in [4.69, 9.17) is 24.9 Å². The van der Waals surface area contributed by atoms with Crippen LogP contribution in [0.5, 0.6) is 11.6 Å². The van der Waals surface area contributed by atoms with Gasteiger partial charge in [0.2, 0.25) is 11.8 Å². The number of benzene rings is 1. The van der Waals surface area contributed by atoms with Gasteiger partial charge in [0.15, 0.2) is 6.73 Å². The summed E-state index contributed by atoms with van der Waals surface area (Å²) in [5.74, 6) is 0.229. The maximum atomic E-state index is 12.6. The molecule has 10 heteroatoms. The number of hydrogen-bond donors (Lipinski definition) is 2. The van der Waals surface area contributed by atoms with E-state index in [0.29, 0.717) is 23.0 Å². The Kier molecular flexibility index (Phi) is 8.80. The molecule has 0 bridgehead atoms. The van der Waals surface area contributed by atoms with Crippen LogP contribution < -0.4 is 20.5 Å². The predicted molar refractivity (Wildman–Crippen MR) is 154 cm³/mol. The van der Waals surface area contributed by atoms with Gasteiger partial charge in [-0.2, -0.15) is 0 Å². The fourth-order valence-electron chi connectivity index (χ4n) is 4.21. The molecule has 0 fully saturated rings. The molecule has 0 saturated carbocycles. The second-order valence-corrected chi connectivity index (χ2v) is 9.34. The minimum absolute atomic E-state index is 0.00143. The lowest BCUT2D eigenvalue weighted by Gasteiger charge is -2.17. The third-order valence-electron chi connectivity index (χ3n) is 6.77. The van der Waals surface area contributed by atoms with Gasteiger partial charge in [-0.15, -0.1) is 0 Å². The molecule has 0 radical (unpaired) electrons. The Hall–Kier alpha value is -4.70. The van der Waals surface area contributed by atoms with E-state index in [1.165, 1.54) is 6.08 Å². The molecule has 2 unspecified atom stereocenters. The summed E-state index contributed by atoms with van der Waals surface area (Å²) < 4.78 is 18.1. The first-order chi connectivity index (χ1) is 19.3. The molecule has 3 N–H and O–H groups in total. The molecule has 40 heavy (non-hydrogen) atoms. The molecule has 3 heterocycles. The van der Waals surface area contributed by atoms with Gasteiger partial charge >= 0.3 is 5.97 Å². The molecule has 0 spiro atoms. The fraction of sp³-hybridized carbons (Fsp3) is 0.267. The quantitative estimate of drug-likeness (QED) is 0.204. The van der Waals surface area contributed by atoms with Crippen molar-refractivity contribution in [1.29, 1.82) is 0 Å². The number of methoxy groups -OCH3 is 2. The molecule has 0 aliphatic carbocycles. The van der Waals surface area contributed by atoms with Crippen molar-refractivity contribution in [3.63, 3.8) is 0 Å². The Labute approximate surface area is 232 Å². The lowest BCUT2D eigenvalue weighted by atomic mass is 10.0. The number of carbonyl (C=O) groups is 2. The number of aromatic nitrogens is 3. The summed E-state index contributed by atoms with van der Waals surface area (Å²) in [5.41, 5.74) is 10.5. The molecule has 0 aliphatic rings. The van der Waals surface area contributed by atoms with Gasteiger partial charge in [0, 0.05) is 52.9 Å². The van der Waals surface area contributed by atoms with Crippen molar-refractivity contribution in [2.75, 3.05) is 19.5 Å². The highest BCUT2D eigenvalue weighted by molar-refractivity contribution is 6.00. The third kappa shape index (κ3) is 6.13. The molecule has 10 nitrogen and oxygen atoms in total. The van der Waals surface area contributed by atoms with Gasteiger partial charge in [-0.25, -0.2) is 9.97 Å². The van der Waals surface area contributed by atoms with Gasteiger partial charge in [0.05, 0.1) is 14.2 Å². The van der Waals surface area contributed by atoms with Crippen LogP contribution >= 0.6 is 0 Å². The van der Waals surface area contributed by atoms with E-state index < -0.39 is 12.0 Å². The molecule has 208 valence electrons. The van der Waals surface area contributed by atoms with E-state index in [0.717, 1.165) is 34.1 Å². The standard InChI is InChI=1S/C30H33N5O5/c1-6-18(3)28(31)30(37)40-17-35-16-25(19-8-9-32-27(13-19)39-5)24-12-21(15-33-29(24)35)20-10-22(34-26(36)7-2)14-23(11-20)38-4/h7-16,18,28H,2,6,17,31H2,1,3-5H3,(H,34,36).